The largest absolute Gasteiger partial charge is 0.382 e. The number of carbonyl (C=O) groups excluding carboxylic acids is 1. The summed E-state index contributed by atoms with van der Waals surface area (Å²) in [5.41, 5.74) is 0. The number of ketones is 1. The molecule has 2 rings (SSSR count). The predicted octanol–water partition coefficient (Wildman–Crippen LogP) is 1.53. The topological polar surface area (TPSA) is 47.6 Å². The first kappa shape index (κ1) is 14.0. The first-order chi connectivity index (χ1) is 8.79. The molecular weight excluding hydrogens is 230 g/mol. The smallest absolute Gasteiger partial charge is 0.138 e. The number of hydrogen-bond donors (Lipinski definition) is 1. The fourth-order valence-corrected chi connectivity index (χ4v) is 3.15. The van der Waals surface area contributed by atoms with Crippen molar-refractivity contribution < 1.29 is 14.3 Å². The van der Waals surface area contributed by atoms with Crippen LogP contribution in [0.1, 0.15) is 38.5 Å². The van der Waals surface area contributed by atoms with E-state index in [0.29, 0.717) is 44.1 Å². The van der Waals surface area contributed by atoms with Crippen molar-refractivity contribution in [1.29, 1.82) is 0 Å². The van der Waals surface area contributed by atoms with Gasteiger partial charge in [-0.25, -0.2) is 0 Å². The maximum absolute atomic E-state index is 12.1. The molecular formula is C14H25NO3. The standard InChI is InChI=1S/C14H25NO3/c1-17-7-8-18-6-5-14(16)11-9-12-3-2-4-13(10-11)15-12/h11-13,15H,2-10H2,1H3. The molecule has 2 atom stereocenters. The van der Waals surface area contributed by atoms with E-state index in [9.17, 15) is 4.79 Å². The summed E-state index contributed by atoms with van der Waals surface area (Å²) in [5, 5.41) is 3.62. The second kappa shape index (κ2) is 7.22. The lowest BCUT2D eigenvalue weighted by Crippen LogP contribution is -2.50. The van der Waals surface area contributed by atoms with Gasteiger partial charge in [0.15, 0.2) is 0 Å². The Hall–Kier alpha value is -0.450. The van der Waals surface area contributed by atoms with Crippen LogP contribution in [0.4, 0.5) is 0 Å². The third-order valence-corrected chi connectivity index (χ3v) is 4.09. The lowest BCUT2D eigenvalue weighted by atomic mass is 9.78. The zero-order valence-corrected chi connectivity index (χ0v) is 11.3. The Labute approximate surface area is 109 Å². The van der Waals surface area contributed by atoms with Crippen molar-refractivity contribution in [2.45, 2.75) is 50.6 Å². The minimum atomic E-state index is 0.271. The van der Waals surface area contributed by atoms with Crippen LogP contribution >= 0.6 is 0 Å². The summed E-state index contributed by atoms with van der Waals surface area (Å²) in [6, 6.07) is 1.17. The van der Waals surface area contributed by atoms with E-state index >= 15 is 0 Å². The Balaban J connectivity index is 1.66. The highest BCUT2D eigenvalue weighted by Crippen LogP contribution is 2.30. The van der Waals surface area contributed by atoms with Crippen molar-refractivity contribution >= 4 is 5.78 Å². The van der Waals surface area contributed by atoms with E-state index < -0.39 is 0 Å². The van der Waals surface area contributed by atoms with E-state index in [1.54, 1.807) is 7.11 Å². The van der Waals surface area contributed by atoms with Crippen molar-refractivity contribution in [1.82, 2.24) is 5.32 Å². The van der Waals surface area contributed by atoms with Gasteiger partial charge in [-0.1, -0.05) is 6.42 Å². The van der Waals surface area contributed by atoms with Crippen LogP contribution in [0.25, 0.3) is 0 Å². The molecule has 104 valence electrons. The normalized spacial score (nSPS) is 31.3. The minimum Gasteiger partial charge on any atom is -0.382 e. The molecule has 2 heterocycles. The van der Waals surface area contributed by atoms with Crippen LogP contribution in [0.3, 0.4) is 0 Å². The summed E-state index contributed by atoms with van der Waals surface area (Å²) >= 11 is 0. The van der Waals surface area contributed by atoms with Gasteiger partial charge in [-0.3, -0.25) is 4.79 Å². The van der Waals surface area contributed by atoms with Crippen molar-refractivity contribution in [2.24, 2.45) is 5.92 Å². The Morgan fingerprint density at radius 3 is 2.56 bits per heavy atom. The first-order valence-electron chi connectivity index (χ1n) is 7.15. The van der Waals surface area contributed by atoms with E-state index in [-0.39, 0.29) is 5.92 Å². The quantitative estimate of drug-likeness (QED) is 0.701. The Bertz CT molecular complexity index is 258. The molecule has 0 aromatic rings. The van der Waals surface area contributed by atoms with Crippen molar-refractivity contribution in [2.75, 3.05) is 26.9 Å². The molecule has 4 heteroatoms. The second-order valence-electron chi connectivity index (χ2n) is 5.48. The summed E-state index contributed by atoms with van der Waals surface area (Å²) < 4.78 is 10.3. The molecule has 1 N–H and O–H groups in total. The van der Waals surface area contributed by atoms with E-state index in [0.717, 1.165) is 12.8 Å². The van der Waals surface area contributed by atoms with Crippen LogP contribution in [-0.4, -0.2) is 44.8 Å². The van der Waals surface area contributed by atoms with Gasteiger partial charge in [-0.2, -0.15) is 0 Å². The van der Waals surface area contributed by atoms with Gasteiger partial charge in [0.05, 0.1) is 19.8 Å². The average Bonchev–Trinajstić information content (AvgIpc) is 2.38. The molecule has 0 aromatic carbocycles. The Morgan fingerprint density at radius 1 is 1.17 bits per heavy atom. The molecule has 2 aliphatic heterocycles. The lowest BCUT2D eigenvalue weighted by molar-refractivity contribution is -0.125. The molecule has 0 saturated carbocycles. The number of ether oxygens (including phenoxy) is 2. The SMILES string of the molecule is COCCOCCC(=O)C1CC2CCCC(C1)N2. The van der Waals surface area contributed by atoms with Crippen LogP contribution in [-0.2, 0) is 14.3 Å². The van der Waals surface area contributed by atoms with Crippen molar-refractivity contribution in [3.05, 3.63) is 0 Å². The highest BCUT2D eigenvalue weighted by atomic mass is 16.5. The molecule has 2 bridgehead atoms. The first-order valence-corrected chi connectivity index (χ1v) is 7.15. The Morgan fingerprint density at radius 2 is 1.89 bits per heavy atom. The molecule has 4 nitrogen and oxygen atoms in total. The number of carbonyl (C=O) groups is 1. The summed E-state index contributed by atoms with van der Waals surface area (Å²) in [7, 11) is 1.66. The molecule has 18 heavy (non-hydrogen) atoms. The number of methoxy groups -OCH3 is 1. The van der Waals surface area contributed by atoms with Gasteiger partial charge in [0, 0.05) is 31.5 Å². The van der Waals surface area contributed by atoms with Crippen molar-refractivity contribution in [3.8, 4) is 0 Å². The molecule has 2 saturated heterocycles. The minimum absolute atomic E-state index is 0.271. The predicted molar refractivity (Wildman–Crippen MR) is 69.6 cm³/mol. The van der Waals surface area contributed by atoms with Gasteiger partial charge < -0.3 is 14.8 Å². The molecule has 0 aromatic heterocycles. The fraction of sp³-hybridized carbons (Fsp3) is 0.929. The molecule has 0 radical (unpaired) electrons. The highest BCUT2D eigenvalue weighted by molar-refractivity contribution is 5.81. The van der Waals surface area contributed by atoms with Crippen LogP contribution in [0.5, 0.6) is 0 Å². The van der Waals surface area contributed by atoms with Gasteiger partial charge >= 0.3 is 0 Å². The number of hydrogen-bond acceptors (Lipinski definition) is 4. The molecule has 0 spiro atoms. The third kappa shape index (κ3) is 4.04. The van der Waals surface area contributed by atoms with E-state index in [1.807, 2.05) is 0 Å². The molecule has 2 fully saturated rings. The van der Waals surface area contributed by atoms with E-state index in [1.165, 1.54) is 19.3 Å². The maximum Gasteiger partial charge on any atom is 0.138 e. The average molecular weight is 255 g/mol. The monoisotopic (exact) mass is 255 g/mol. The molecule has 0 amide bonds. The van der Waals surface area contributed by atoms with Gasteiger partial charge in [-0.15, -0.1) is 0 Å². The zero-order valence-electron chi connectivity index (χ0n) is 11.3. The number of nitrogens with one attached hydrogen (secondary N) is 1. The van der Waals surface area contributed by atoms with Crippen LogP contribution in [0, 0.1) is 5.92 Å². The van der Waals surface area contributed by atoms with Crippen LogP contribution in [0.15, 0.2) is 0 Å². The van der Waals surface area contributed by atoms with Gasteiger partial charge in [-0.05, 0) is 25.7 Å². The van der Waals surface area contributed by atoms with Crippen LogP contribution in [0.2, 0.25) is 0 Å². The molecule has 2 aliphatic rings. The van der Waals surface area contributed by atoms with Gasteiger partial charge in [0.2, 0.25) is 0 Å². The zero-order chi connectivity index (χ0) is 12.8. The van der Waals surface area contributed by atoms with E-state index in [2.05, 4.69) is 5.32 Å². The van der Waals surface area contributed by atoms with Gasteiger partial charge in [0.1, 0.15) is 5.78 Å². The van der Waals surface area contributed by atoms with Gasteiger partial charge in [0.25, 0.3) is 0 Å². The number of rotatable bonds is 7. The number of Topliss-reactive ketones (excluding diaryl/α,β-unsaturated/α-hetero) is 1. The molecule has 0 aliphatic carbocycles. The third-order valence-electron chi connectivity index (χ3n) is 4.09. The molecule has 2 unspecified atom stereocenters. The number of piperidine rings is 2. The number of fused-ring (bicyclic) bond motifs is 2. The Kier molecular flexibility index (Phi) is 5.60. The second-order valence-corrected chi connectivity index (χ2v) is 5.48. The summed E-state index contributed by atoms with van der Waals surface area (Å²) in [4.78, 5) is 12.1. The van der Waals surface area contributed by atoms with Crippen molar-refractivity contribution in [3.63, 3.8) is 0 Å². The summed E-state index contributed by atoms with van der Waals surface area (Å²) in [5.74, 6) is 0.665. The maximum atomic E-state index is 12.1. The summed E-state index contributed by atoms with van der Waals surface area (Å²) in [6.45, 7) is 1.73. The highest BCUT2D eigenvalue weighted by Gasteiger charge is 2.33. The summed E-state index contributed by atoms with van der Waals surface area (Å²) in [6.07, 6.45) is 6.44. The van der Waals surface area contributed by atoms with E-state index in [4.69, 9.17) is 9.47 Å². The van der Waals surface area contributed by atoms with Crippen LogP contribution < -0.4 is 5.32 Å². The fourth-order valence-electron chi connectivity index (χ4n) is 3.15. The lowest BCUT2D eigenvalue weighted by Gasteiger charge is -2.39.